The van der Waals surface area contributed by atoms with E-state index in [1.807, 2.05) is 0 Å². The van der Waals surface area contributed by atoms with Crippen LogP contribution in [0.15, 0.2) is 76.5 Å². The van der Waals surface area contributed by atoms with E-state index < -0.39 is 11.7 Å². The quantitative estimate of drug-likeness (QED) is 0.246. The van der Waals surface area contributed by atoms with Crippen LogP contribution in [-0.4, -0.2) is 33.1 Å². The summed E-state index contributed by atoms with van der Waals surface area (Å²) >= 11 is 5.95. The summed E-state index contributed by atoms with van der Waals surface area (Å²) in [7, 11) is 0. The summed E-state index contributed by atoms with van der Waals surface area (Å²) in [5, 5.41) is 15.4. The Morgan fingerprint density at radius 3 is 2.53 bits per heavy atom. The second-order valence-corrected chi connectivity index (χ2v) is 7.85. The summed E-state index contributed by atoms with van der Waals surface area (Å²) < 4.78 is 14.8. The van der Waals surface area contributed by atoms with Crippen LogP contribution in [0.2, 0.25) is 5.02 Å². The van der Waals surface area contributed by atoms with Crippen LogP contribution in [0.5, 0.6) is 0 Å². The fraction of sp³-hybridized carbons (Fsp3) is 0.125. The van der Waals surface area contributed by atoms with Crippen molar-refractivity contribution in [3.63, 3.8) is 0 Å². The lowest BCUT2D eigenvalue weighted by Gasteiger charge is -2.12. The highest BCUT2D eigenvalue weighted by Crippen LogP contribution is 2.19. The van der Waals surface area contributed by atoms with E-state index in [9.17, 15) is 14.0 Å². The minimum atomic E-state index is -0.484. The maximum absolute atomic E-state index is 13.2. The molecule has 1 amide bonds. The summed E-state index contributed by atoms with van der Waals surface area (Å²) in [6, 6.07) is 17.1. The lowest BCUT2D eigenvalue weighted by Crippen LogP contribution is -2.35. The molecule has 1 aromatic heterocycles. The van der Waals surface area contributed by atoms with Crippen LogP contribution in [0.3, 0.4) is 0 Å². The van der Waals surface area contributed by atoms with Gasteiger partial charge in [-0.3, -0.25) is 14.7 Å². The Hall–Kier alpha value is -3.95. The Labute approximate surface area is 198 Å². The van der Waals surface area contributed by atoms with Crippen molar-refractivity contribution in [2.75, 3.05) is 11.9 Å². The van der Waals surface area contributed by atoms with Crippen LogP contribution >= 0.6 is 11.6 Å². The minimum Gasteiger partial charge on any atom is -0.396 e. The number of H-pyrrole nitrogens is 1. The molecule has 3 aromatic carbocycles. The lowest BCUT2D eigenvalue weighted by atomic mass is 10.2. The molecule has 8 nitrogen and oxygen atoms in total. The molecule has 0 radical (unpaired) electrons. The Morgan fingerprint density at radius 2 is 1.82 bits per heavy atom. The van der Waals surface area contributed by atoms with Crippen molar-refractivity contribution >= 4 is 45.9 Å². The molecule has 4 rings (SSSR count). The predicted octanol–water partition coefficient (Wildman–Crippen LogP) is 4.03. The van der Waals surface area contributed by atoms with Gasteiger partial charge in [0.05, 0.1) is 16.7 Å². The molecule has 0 saturated carbocycles. The number of hydrogen-bond acceptors (Lipinski definition) is 4. The van der Waals surface area contributed by atoms with Crippen LogP contribution in [0, 0.1) is 5.82 Å². The van der Waals surface area contributed by atoms with Gasteiger partial charge >= 0.3 is 5.69 Å². The van der Waals surface area contributed by atoms with Gasteiger partial charge in [-0.25, -0.2) is 14.2 Å². The number of hydrogen-bond donors (Lipinski definition) is 4. The highest BCUT2D eigenvalue weighted by atomic mass is 35.5. The highest BCUT2D eigenvalue weighted by Gasteiger charge is 2.12. The van der Waals surface area contributed by atoms with E-state index in [1.165, 1.54) is 28.8 Å². The summed E-state index contributed by atoms with van der Waals surface area (Å²) in [4.78, 5) is 32.2. The van der Waals surface area contributed by atoms with Gasteiger partial charge in [0.2, 0.25) is 5.96 Å². The van der Waals surface area contributed by atoms with Crippen LogP contribution in [0.4, 0.5) is 15.8 Å². The van der Waals surface area contributed by atoms with Gasteiger partial charge in [0, 0.05) is 29.4 Å². The summed E-state index contributed by atoms with van der Waals surface area (Å²) in [5.41, 5.74) is 2.36. The Balaban J connectivity index is 1.66. The van der Waals surface area contributed by atoms with Crippen molar-refractivity contribution in [2.24, 2.45) is 4.99 Å². The van der Waals surface area contributed by atoms with Crippen molar-refractivity contribution < 1.29 is 14.3 Å². The second kappa shape index (κ2) is 10.3. The number of anilines is 1. The topological polar surface area (TPSA) is 112 Å². The molecule has 1 heterocycles. The molecule has 0 aliphatic heterocycles. The normalized spacial score (nSPS) is 11.6. The number of benzene rings is 3. The third kappa shape index (κ3) is 5.51. The zero-order valence-corrected chi connectivity index (χ0v) is 18.6. The van der Waals surface area contributed by atoms with Crippen molar-refractivity contribution in [1.29, 1.82) is 0 Å². The molecule has 0 unspecified atom stereocenters. The first-order valence-corrected chi connectivity index (χ1v) is 10.8. The number of aryl methyl sites for hydroxylation is 1. The van der Waals surface area contributed by atoms with Gasteiger partial charge in [0.25, 0.3) is 5.91 Å². The molecule has 4 N–H and O–H groups in total. The molecule has 0 aliphatic rings. The van der Waals surface area contributed by atoms with Crippen LogP contribution in [0.25, 0.3) is 11.0 Å². The van der Waals surface area contributed by atoms with E-state index in [2.05, 4.69) is 20.6 Å². The van der Waals surface area contributed by atoms with E-state index in [1.54, 1.807) is 42.5 Å². The fourth-order valence-corrected chi connectivity index (χ4v) is 3.46. The first-order chi connectivity index (χ1) is 16.4. The number of nitrogens with zero attached hydrogens (tertiary/aromatic N) is 2. The van der Waals surface area contributed by atoms with E-state index >= 15 is 0 Å². The molecule has 174 valence electrons. The predicted molar refractivity (Wildman–Crippen MR) is 130 cm³/mol. The maximum atomic E-state index is 13.2. The number of aliphatic hydroxyl groups is 1. The molecule has 0 spiro atoms. The molecular weight excluding hydrogens is 461 g/mol. The molecule has 0 aliphatic carbocycles. The third-order valence-corrected chi connectivity index (χ3v) is 5.24. The van der Waals surface area contributed by atoms with E-state index in [0.29, 0.717) is 40.4 Å². The average molecular weight is 482 g/mol. The van der Waals surface area contributed by atoms with Crippen molar-refractivity contribution in [3.8, 4) is 0 Å². The monoisotopic (exact) mass is 481 g/mol. The first-order valence-electron chi connectivity index (χ1n) is 10.4. The SMILES string of the molecule is O=C(NC(=Nc1ccc(Cl)cc1)Nc1ccc2[nH]c(=O)n(CCCO)c2c1)c1ccc(F)cc1. The molecule has 34 heavy (non-hydrogen) atoms. The van der Waals surface area contributed by atoms with Gasteiger partial charge in [-0.1, -0.05) is 11.6 Å². The Morgan fingerprint density at radius 1 is 1.09 bits per heavy atom. The molecule has 10 heteroatoms. The Bertz CT molecular complexity index is 1400. The largest absolute Gasteiger partial charge is 0.396 e. The lowest BCUT2D eigenvalue weighted by molar-refractivity contribution is 0.0977. The van der Waals surface area contributed by atoms with Crippen LogP contribution in [0.1, 0.15) is 16.8 Å². The molecule has 0 saturated heterocycles. The molecule has 0 bridgehead atoms. The number of aromatic nitrogens is 2. The number of halogens is 2. The zero-order chi connectivity index (χ0) is 24.1. The van der Waals surface area contributed by atoms with Gasteiger partial charge < -0.3 is 15.4 Å². The summed E-state index contributed by atoms with van der Waals surface area (Å²) in [5.74, 6) is -0.810. The number of carbonyl (C=O) groups is 1. The first kappa shape index (κ1) is 23.2. The van der Waals surface area contributed by atoms with Crippen molar-refractivity contribution in [3.05, 3.63) is 93.6 Å². The number of imidazole rings is 1. The fourth-order valence-electron chi connectivity index (χ4n) is 3.33. The number of guanidine groups is 1. The number of aromatic amines is 1. The average Bonchev–Trinajstić information content (AvgIpc) is 3.13. The van der Waals surface area contributed by atoms with Crippen LogP contribution in [-0.2, 0) is 6.54 Å². The zero-order valence-electron chi connectivity index (χ0n) is 17.9. The standard InChI is InChI=1S/C24H21ClFN5O3/c25-16-4-8-18(9-5-16)27-23(30-22(33)15-2-6-17(26)7-3-15)28-19-10-11-20-21(14-19)31(12-1-13-32)24(34)29-20/h2-11,14,32H,1,12-13H2,(H,29,34)(H2,27,28,30,33). The number of amides is 1. The molecule has 4 aromatic rings. The number of carbonyl (C=O) groups excluding carboxylic acids is 1. The van der Waals surface area contributed by atoms with Crippen LogP contribution < -0.4 is 16.3 Å². The number of nitrogens with one attached hydrogen (secondary N) is 3. The minimum absolute atomic E-state index is 0.0373. The summed E-state index contributed by atoms with van der Waals surface area (Å²) in [6.45, 7) is 0.316. The maximum Gasteiger partial charge on any atom is 0.326 e. The third-order valence-electron chi connectivity index (χ3n) is 4.98. The van der Waals surface area contributed by atoms with Gasteiger partial charge in [-0.2, -0.15) is 0 Å². The number of aliphatic hydroxyl groups excluding tert-OH is 1. The Kier molecular flexibility index (Phi) is 7.05. The van der Waals surface area contributed by atoms with Gasteiger partial charge in [-0.05, 0) is 73.2 Å². The van der Waals surface area contributed by atoms with E-state index in [-0.39, 0.29) is 23.8 Å². The molecular formula is C24H21ClFN5O3. The van der Waals surface area contributed by atoms with E-state index in [4.69, 9.17) is 16.7 Å². The number of rotatable bonds is 6. The van der Waals surface area contributed by atoms with Gasteiger partial charge in [-0.15, -0.1) is 0 Å². The van der Waals surface area contributed by atoms with Crippen molar-refractivity contribution in [1.82, 2.24) is 14.9 Å². The second-order valence-electron chi connectivity index (χ2n) is 7.41. The number of aliphatic imine (C=N–C) groups is 1. The molecule has 0 fully saturated rings. The smallest absolute Gasteiger partial charge is 0.326 e. The van der Waals surface area contributed by atoms with E-state index in [0.717, 1.165) is 0 Å². The molecule has 0 atom stereocenters. The number of fused-ring (bicyclic) bond motifs is 1. The highest BCUT2D eigenvalue weighted by molar-refractivity contribution is 6.30. The van der Waals surface area contributed by atoms with Crippen molar-refractivity contribution in [2.45, 2.75) is 13.0 Å². The van der Waals surface area contributed by atoms with Gasteiger partial charge in [0.1, 0.15) is 5.82 Å². The summed E-state index contributed by atoms with van der Waals surface area (Å²) in [6.07, 6.45) is 0.432. The van der Waals surface area contributed by atoms with Gasteiger partial charge in [0.15, 0.2) is 0 Å².